The molecule has 0 spiro atoms. The van der Waals surface area contributed by atoms with Crippen molar-refractivity contribution in [3.8, 4) is 11.3 Å². The van der Waals surface area contributed by atoms with Gasteiger partial charge in [0.25, 0.3) is 0 Å². The van der Waals surface area contributed by atoms with Gasteiger partial charge in [-0.05, 0) is 38.1 Å². The predicted molar refractivity (Wildman–Crippen MR) is 100 cm³/mol. The highest BCUT2D eigenvalue weighted by Crippen LogP contribution is 2.32. The van der Waals surface area contributed by atoms with E-state index in [1.54, 1.807) is 44.3 Å². The lowest BCUT2D eigenvalue weighted by Crippen LogP contribution is -2.25. The molecule has 4 aromatic rings. The summed E-state index contributed by atoms with van der Waals surface area (Å²) in [5.41, 5.74) is -0.625. The Balaban J connectivity index is 1.69. The molecule has 150 valence electrons. The molecule has 0 saturated carbocycles. The van der Waals surface area contributed by atoms with E-state index in [9.17, 15) is 18.3 Å². The Morgan fingerprint density at radius 2 is 1.76 bits per heavy atom. The molecule has 0 fully saturated rings. The fourth-order valence-electron chi connectivity index (χ4n) is 2.82. The molecule has 4 rings (SSSR count). The fraction of sp³-hybridized carbons (Fsp3) is 0.211. The Morgan fingerprint density at radius 1 is 1.00 bits per heavy atom. The quantitative estimate of drug-likeness (QED) is 0.539. The van der Waals surface area contributed by atoms with Gasteiger partial charge in [0.2, 0.25) is 0 Å². The van der Waals surface area contributed by atoms with Crippen LogP contribution < -0.4 is 5.32 Å². The second-order valence-corrected chi connectivity index (χ2v) is 6.98. The van der Waals surface area contributed by atoms with Crippen molar-refractivity contribution in [3.05, 3.63) is 60.4 Å². The molecule has 29 heavy (non-hydrogen) atoms. The van der Waals surface area contributed by atoms with E-state index in [4.69, 9.17) is 0 Å². The summed E-state index contributed by atoms with van der Waals surface area (Å²) in [6.45, 7) is 3.20. The van der Waals surface area contributed by atoms with Crippen LogP contribution in [0.5, 0.6) is 0 Å². The van der Waals surface area contributed by atoms with Crippen LogP contribution in [0.15, 0.2) is 54.9 Å². The number of imidazole rings is 1. The predicted octanol–water partition coefficient (Wildman–Crippen LogP) is 4.04. The van der Waals surface area contributed by atoms with Crippen LogP contribution in [0.1, 0.15) is 19.4 Å². The lowest BCUT2D eigenvalue weighted by atomic mass is 10.1. The molecule has 0 aliphatic rings. The van der Waals surface area contributed by atoms with Crippen LogP contribution in [0.4, 0.5) is 24.8 Å². The largest absolute Gasteiger partial charge is 0.416 e. The number of hydrogen-bond acceptors (Lipinski definition) is 5. The molecule has 0 unspecified atom stereocenters. The van der Waals surface area contributed by atoms with Gasteiger partial charge in [-0.25, -0.2) is 14.2 Å². The zero-order valence-electron chi connectivity index (χ0n) is 15.5. The minimum Gasteiger partial charge on any atom is -0.370 e. The van der Waals surface area contributed by atoms with E-state index >= 15 is 0 Å². The average molecular weight is 402 g/mol. The SMILES string of the molecule is CC(C)(O)n1ccc(Nc2ccc3ncc(-c4cccc(C(F)(F)F)c4)n3n2)n1. The van der Waals surface area contributed by atoms with Crippen molar-refractivity contribution in [3.63, 3.8) is 0 Å². The van der Waals surface area contributed by atoms with Crippen LogP contribution in [0.25, 0.3) is 16.9 Å². The third-order valence-corrected chi connectivity index (χ3v) is 4.25. The molecule has 1 aromatic carbocycles. The van der Waals surface area contributed by atoms with E-state index in [1.165, 1.54) is 21.5 Å². The average Bonchev–Trinajstić information content (AvgIpc) is 3.28. The van der Waals surface area contributed by atoms with Crippen LogP contribution in [0.2, 0.25) is 0 Å². The Morgan fingerprint density at radius 3 is 2.45 bits per heavy atom. The van der Waals surface area contributed by atoms with E-state index in [1.807, 2.05) is 0 Å². The van der Waals surface area contributed by atoms with Gasteiger partial charge in [-0.15, -0.1) is 5.10 Å². The van der Waals surface area contributed by atoms with E-state index in [-0.39, 0.29) is 0 Å². The van der Waals surface area contributed by atoms with Crippen molar-refractivity contribution in [2.45, 2.75) is 25.7 Å². The Kier molecular flexibility index (Phi) is 4.30. The standard InChI is InChI=1S/C19H17F3N6O/c1-18(2,29)27-9-8-16(25-27)24-15-6-7-17-23-11-14(28(17)26-15)12-4-3-5-13(10-12)19(20,21)22/h3-11,29H,1-2H3,(H,24,25,26). The summed E-state index contributed by atoms with van der Waals surface area (Å²) in [5.74, 6) is 0.879. The zero-order chi connectivity index (χ0) is 20.8. The summed E-state index contributed by atoms with van der Waals surface area (Å²) in [6, 6.07) is 10.1. The van der Waals surface area contributed by atoms with Gasteiger partial charge in [-0.2, -0.15) is 18.3 Å². The zero-order valence-corrected chi connectivity index (χ0v) is 15.5. The molecule has 7 nitrogen and oxygen atoms in total. The van der Waals surface area contributed by atoms with Gasteiger partial charge in [0.05, 0.1) is 17.5 Å². The van der Waals surface area contributed by atoms with Gasteiger partial charge in [0.15, 0.2) is 23.0 Å². The third kappa shape index (κ3) is 3.79. The third-order valence-electron chi connectivity index (χ3n) is 4.25. The van der Waals surface area contributed by atoms with E-state index < -0.39 is 17.5 Å². The highest BCUT2D eigenvalue weighted by Gasteiger charge is 2.30. The molecule has 0 aliphatic carbocycles. The molecule has 0 bridgehead atoms. The first-order chi connectivity index (χ1) is 13.6. The Bertz CT molecular complexity index is 1170. The monoisotopic (exact) mass is 402 g/mol. The molecule has 0 aliphatic heterocycles. The number of aromatic nitrogens is 5. The number of rotatable bonds is 4. The smallest absolute Gasteiger partial charge is 0.370 e. The highest BCUT2D eigenvalue weighted by atomic mass is 19.4. The minimum absolute atomic E-state index is 0.350. The molecular weight excluding hydrogens is 385 g/mol. The summed E-state index contributed by atoms with van der Waals surface area (Å²) >= 11 is 0. The van der Waals surface area contributed by atoms with Crippen molar-refractivity contribution in [2.75, 3.05) is 5.32 Å². The van der Waals surface area contributed by atoms with Crippen molar-refractivity contribution < 1.29 is 18.3 Å². The van der Waals surface area contributed by atoms with E-state index in [2.05, 4.69) is 20.5 Å². The van der Waals surface area contributed by atoms with Crippen LogP contribution in [0.3, 0.4) is 0 Å². The number of alkyl halides is 3. The van der Waals surface area contributed by atoms with Gasteiger partial charge >= 0.3 is 6.18 Å². The topological polar surface area (TPSA) is 80.3 Å². The van der Waals surface area contributed by atoms with Crippen molar-refractivity contribution in [1.29, 1.82) is 0 Å². The number of hydrogen-bond donors (Lipinski definition) is 2. The first-order valence-corrected chi connectivity index (χ1v) is 8.69. The lowest BCUT2D eigenvalue weighted by molar-refractivity contribution is -0.137. The van der Waals surface area contributed by atoms with Gasteiger partial charge in [0.1, 0.15) is 0 Å². The number of nitrogens with zero attached hydrogens (tertiary/aromatic N) is 5. The first kappa shape index (κ1) is 18.9. The normalized spacial score (nSPS) is 12.5. The molecule has 0 atom stereocenters. The van der Waals surface area contributed by atoms with Crippen LogP contribution >= 0.6 is 0 Å². The number of nitrogens with one attached hydrogen (secondary N) is 1. The molecule has 3 aromatic heterocycles. The maximum Gasteiger partial charge on any atom is 0.416 e. The number of halogens is 3. The van der Waals surface area contributed by atoms with E-state index in [0.29, 0.717) is 28.5 Å². The number of benzene rings is 1. The number of anilines is 2. The maximum absolute atomic E-state index is 13.0. The summed E-state index contributed by atoms with van der Waals surface area (Å²) in [6.07, 6.45) is -1.34. The van der Waals surface area contributed by atoms with Crippen molar-refractivity contribution >= 4 is 17.3 Å². The molecule has 0 amide bonds. The summed E-state index contributed by atoms with van der Waals surface area (Å²) in [4.78, 5) is 4.21. The van der Waals surface area contributed by atoms with Crippen molar-refractivity contribution in [2.24, 2.45) is 0 Å². The second-order valence-electron chi connectivity index (χ2n) is 6.98. The number of aliphatic hydroxyl groups is 1. The van der Waals surface area contributed by atoms with Crippen LogP contribution in [-0.2, 0) is 11.9 Å². The summed E-state index contributed by atoms with van der Waals surface area (Å²) in [5, 5.41) is 21.6. The van der Waals surface area contributed by atoms with Gasteiger partial charge in [-0.3, -0.25) is 0 Å². The molecular formula is C19H17F3N6O. The van der Waals surface area contributed by atoms with E-state index in [0.717, 1.165) is 12.1 Å². The molecule has 2 N–H and O–H groups in total. The Labute approximate surface area is 163 Å². The molecule has 0 radical (unpaired) electrons. The fourth-order valence-corrected chi connectivity index (χ4v) is 2.82. The van der Waals surface area contributed by atoms with Crippen LogP contribution in [0, 0.1) is 0 Å². The van der Waals surface area contributed by atoms with Gasteiger partial charge < -0.3 is 10.4 Å². The second kappa shape index (κ2) is 6.59. The Hall–Kier alpha value is -3.40. The first-order valence-electron chi connectivity index (χ1n) is 8.69. The lowest BCUT2D eigenvalue weighted by Gasteiger charge is -2.17. The summed E-state index contributed by atoms with van der Waals surface area (Å²) < 4.78 is 42.0. The number of fused-ring (bicyclic) bond motifs is 1. The van der Waals surface area contributed by atoms with Gasteiger partial charge in [-0.1, -0.05) is 12.1 Å². The molecule has 0 saturated heterocycles. The summed E-state index contributed by atoms with van der Waals surface area (Å²) in [7, 11) is 0. The maximum atomic E-state index is 13.0. The molecule has 10 heteroatoms. The highest BCUT2D eigenvalue weighted by molar-refractivity contribution is 5.65. The molecule has 3 heterocycles. The van der Waals surface area contributed by atoms with Crippen molar-refractivity contribution in [1.82, 2.24) is 24.4 Å². The van der Waals surface area contributed by atoms with Gasteiger partial charge in [0, 0.05) is 17.8 Å². The minimum atomic E-state index is -4.43. The van der Waals surface area contributed by atoms with Crippen LogP contribution in [-0.4, -0.2) is 29.5 Å².